The van der Waals surface area contributed by atoms with E-state index < -0.39 is 11.9 Å². The van der Waals surface area contributed by atoms with Gasteiger partial charge in [0, 0.05) is 42.3 Å². The average Bonchev–Trinajstić information content (AvgIpc) is 3.57. The molecular formula is C32H28N6O3. The summed E-state index contributed by atoms with van der Waals surface area (Å²) in [5.41, 5.74) is 5.85. The first-order valence-corrected chi connectivity index (χ1v) is 14.0. The van der Waals surface area contributed by atoms with Crippen molar-refractivity contribution in [1.82, 2.24) is 30.0 Å². The van der Waals surface area contributed by atoms with Crippen LogP contribution in [0.2, 0.25) is 0 Å². The number of benzene rings is 2. The van der Waals surface area contributed by atoms with Crippen LogP contribution >= 0.6 is 0 Å². The normalized spacial score (nSPS) is 21.7. The van der Waals surface area contributed by atoms with Gasteiger partial charge in [-0.05, 0) is 61.4 Å². The minimum Gasteiger partial charge on any atom is -0.322 e. The highest BCUT2D eigenvalue weighted by Gasteiger charge is 2.39. The van der Waals surface area contributed by atoms with Gasteiger partial charge in [0.2, 0.25) is 11.8 Å². The summed E-state index contributed by atoms with van der Waals surface area (Å²) in [7, 11) is 0. The molecule has 1 atom stereocenters. The van der Waals surface area contributed by atoms with E-state index in [0.29, 0.717) is 30.5 Å². The van der Waals surface area contributed by atoms with Crippen LogP contribution < -0.4 is 5.32 Å². The Kier molecular flexibility index (Phi) is 6.31. The molecule has 0 radical (unpaired) electrons. The molecule has 2 fully saturated rings. The third-order valence-electron chi connectivity index (χ3n) is 8.37. The summed E-state index contributed by atoms with van der Waals surface area (Å²) in [4.78, 5) is 47.6. The molecule has 4 aromatic rings. The standard InChI is InChI=1S/C32H28N6O3/c39-30-12-11-29(31(40)36-30)37-18-22-10-9-20(15-25(22)32(37)41)5-1-2-6-21-13-24(14-21)38-19-23(16-34-38)28-17-33-26-7-3-4-8-27(26)35-28/h3-4,7-10,15-17,19,21,24,29H,2,6,11-14,18H2,(H,36,39,40). The lowest BCUT2D eigenvalue weighted by atomic mass is 9.77. The molecule has 2 aliphatic heterocycles. The number of aromatic nitrogens is 4. The summed E-state index contributed by atoms with van der Waals surface area (Å²) in [5.74, 6) is 6.25. The van der Waals surface area contributed by atoms with E-state index in [0.717, 1.165) is 59.1 Å². The molecule has 1 aliphatic carbocycles. The zero-order valence-electron chi connectivity index (χ0n) is 22.4. The van der Waals surface area contributed by atoms with Gasteiger partial charge in [-0.1, -0.05) is 30.0 Å². The number of hydrogen-bond donors (Lipinski definition) is 1. The number of piperidine rings is 1. The van der Waals surface area contributed by atoms with Gasteiger partial charge < -0.3 is 4.90 Å². The van der Waals surface area contributed by atoms with Gasteiger partial charge in [0.05, 0.1) is 35.2 Å². The summed E-state index contributed by atoms with van der Waals surface area (Å²) < 4.78 is 2.05. The minimum absolute atomic E-state index is 0.173. The highest BCUT2D eigenvalue weighted by molar-refractivity contribution is 6.05. The lowest BCUT2D eigenvalue weighted by Gasteiger charge is -2.35. The first-order chi connectivity index (χ1) is 20.0. The maximum Gasteiger partial charge on any atom is 0.255 e. The van der Waals surface area contributed by atoms with Gasteiger partial charge in [-0.25, -0.2) is 4.98 Å². The van der Waals surface area contributed by atoms with Crippen molar-refractivity contribution in [3.05, 3.63) is 77.7 Å². The summed E-state index contributed by atoms with van der Waals surface area (Å²) in [5, 5.41) is 6.93. The van der Waals surface area contributed by atoms with E-state index in [1.165, 1.54) is 0 Å². The number of nitrogens with zero attached hydrogens (tertiary/aromatic N) is 5. The molecule has 9 heteroatoms. The van der Waals surface area contributed by atoms with Crippen LogP contribution in [0.15, 0.2) is 61.1 Å². The van der Waals surface area contributed by atoms with Gasteiger partial charge in [0.15, 0.2) is 0 Å². The number of nitrogens with one attached hydrogen (secondary N) is 1. The fourth-order valence-electron chi connectivity index (χ4n) is 5.99. The molecule has 1 N–H and O–H groups in total. The summed E-state index contributed by atoms with van der Waals surface area (Å²) in [6.07, 6.45) is 10.3. The Bertz CT molecular complexity index is 1760. The van der Waals surface area contributed by atoms with Crippen LogP contribution in [0.3, 0.4) is 0 Å². The second kappa shape index (κ2) is 10.3. The quantitative estimate of drug-likeness (QED) is 0.300. The molecule has 0 bridgehead atoms. The smallest absolute Gasteiger partial charge is 0.255 e. The van der Waals surface area contributed by atoms with Crippen molar-refractivity contribution in [2.45, 2.75) is 57.2 Å². The molecule has 2 aromatic carbocycles. The maximum absolute atomic E-state index is 13.0. The Labute approximate surface area is 237 Å². The SMILES string of the molecule is O=C1CCC(N2Cc3ccc(C#CCCC4CC(n5cc(-c6cnc7ccccc7n6)cn5)C4)cc3C2=O)C(=O)N1. The molecule has 41 heavy (non-hydrogen) atoms. The molecule has 1 saturated heterocycles. The van der Waals surface area contributed by atoms with Gasteiger partial charge in [0.25, 0.3) is 5.91 Å². The van der Waals surface area contributed by atoms with Crippen molar-refractivity contribution in [1.29, 1.82) is 0 Å². The number of carbonyl (C=O) groups is 3. The fraction of sp³-hybridized carbons (Fsp3) is 0.312. The number of fused-ring (bicyclic) bond motifs is 2. The Hall–Kier alpha value is -4.84. The maximum atomic E-state index is 13.0. The van der Waals surface area contributed by atoms with E-state index in [4.69, 9.17) is 4.98 Å². The lowest BCUT2D eigenvalue weighted by molar-refractivity contribution is -0.136. The van der Waals surface area contributed by atoms with Gasteiger partial charge in [-0.15, -0.1) is 0 Å². The van der Waals surface area contributed by atoms with Crippen molar-refractivity contribution in [2.24, 2.45) is 5.92 Å². The van der Waals surface area contributed by atoms with E-state index >= 15 is 0 Å². The van der Waals surface area contributed by atoms with Crippen LogP contribution in [0, 0.1) is 17.8 Å². The third kappa shape index (κ3) is 4.86. The molecule has 204 valence electrons. The Morgan fingerprint density at radius 1 is 1.02 bits per heavy atom. The Morgan fingerprint density at radius 3 is 2.73 bits per heavy atom. The second-order valence-electron chi connectivity index (χ2n) is 11.1. The molecule has 7 rings (SSSR count). The van der Waals surface area contributed by atoms with Crippen LogP contribution in [0.25, 0.3) is 22.3 Å². The third-order valence-corrected chi connectivity index (χ3v) is 8.37. The lowest BCUT2D eigenvalue weighted by Crippen LogP contribution is -2.52. The predicted molar refractivity (Wildman–Crippen MR) is 151 cm³/mol. The first-order valence-electron chi connectivity index (χ1n) is 14.0. The van der Waals surface area contributed by atoms with Crippen molar-refractivity contribution < 1.29 is 14.4 Å². The number of rotatable bonds is 5. The molecule has 3 aliphatic rings. The molecule has 9 nitrogen and oxygen atoms in total. The molecule has 1 unspecified atom stereocenters. The zero-order chi connectivity index (χ0) is 27.9. The molecule has 0 spiro atoms. The minimum atomic E-state index is -0.603. The number of hydrogen-bond acceptors (Lipinski definition) is 6. The highest BCUT2D eigenvalue weighted by atomic mass is 16.2. The highest BCUT2D eigenvalue weighted by Crippen LogP contribution is 2.40. The summed E-state index contributed by atoms with van der Waals surface area (Å²) >= 11 is 0. The average molecular weight is 545 g/mol. The Morgan fingerprint density at radius 2 is 1.88 bits per heavy atom. The number of para-hydroxylation sites is 2. The first kappa shape index (κ1) is 25.1. The molecule has 4 heterocycles. The predicted octanol–water partition coefficient (Wildman–Crippen LogP) is 4.04. The van der Waals surface area contributed by atoms with Gasteiger partial charge in [0.1, 0.15) is 6.04 Å². The largest absolute Gasteiger partial charge is 0.322 e. The van der Waals surface area contributed by atoms with Crippen LogP contribution in [0.4, 0.5) is 0 Å². The van der Waals surface area contributed by atoms with Crippen LogP contribution in [-0.2, 0) is 16.1 Å². The molecule has 2 aromatic heterocycles. The van der Waals surface area contributed by atoms with Crippen LogP contribution in [0.5, 0.6) is 0 Å². The van der Waals surface area contributed by atoms with Gasteiger partial charge in [-0.3, -0.25) is 29.4 Å². The van der Waals surface area contributed by atoms with Crippen molar-refractivity contribution in [3.63, 3.8) is 0 Å². The van der Waals surface area contributed by atoms with E-state index in [2.05, 4.69) is 33.4 Å². The van der Waals surface area contributed by atoms with Crippen molar-refractivity contribution in [2.75, 3.05) is 0 Å². The molecular weight excluding hydrogens is 516 g/mol. The van der Waals surface area contributed by atoms with E-state index in [1.54, 1.807) is 11.1 Å². The van der Waals surface area contributed by atoms with E-state index in [9.17, 15) is 14.4 Å². The summed E-state index contributed by atoms with van der Waals surface area (Å²) in [6.45, 7) is 0.379. The van der Waals surface area contributed by atoms with E-state index in [1.807, 2.05) is 53.3 Å². The zero-order valence-corrected chi connectivity index (χ0v) is 22.4. The van der Waals surface area contributed by atoms with Crippen LogP contribution in [0.1, 0.15) is 66.1 Å². The number of amides is 3. The topological polar surface area (TPSA) is 110 Å². The van der Waals surface area contributed by atoms with E-state index in [-0.39, 0.29) is 18.2 Å². The van der Waals surface area contributed by atoms with Gasteiger partial charge >= 0.3 is 0 Å². The molecule has 3 amide bonds. The summed E-state index contributed by atoms with van der Waals surface area (Å²) in [6, 6.07) is 13.3. The molecule has 1 saturated carbocycles. The van der Waals surface area contributed by atoms with Crippen molar-refractivity contribution >= 4 is 28.8 Å². The fourth-order valence-corrected chi connectivity index (χ4v) is 5.99. The second-order valence-corrected chi connectivity index (χ2v) is 11.1. The van der Waals surface area contributed by atoms with Gasteiger partial charge in [-0.2, -0.15) is 5.10 Å². The number of carbonyl (C=O) groups excluding carboxylic acids is 3. The Balaban J connectivity index is 0.914. The van der Waals surface area contributed by atoms with Crippen LogP contribution in [-0.4, -0.2) is 48.4 Å². The monoisotopic (exact) mass is 544 g/mol. The van der Waals surface area contributed by atoms with Crippen molar-refractivity contribution in [3.8, 4) is 23.1 Å². The number of imide groups is 1.